The molecule has 0 atom stereocenters. The summed E-state index contributed by atoms with van der Waals surface area (Å²) in [5, 5.41) is 15.2. The second kappa shape index (κ2) is 7.39. The maximum Gasteiger partial charge on any atom is 0.192 e. The van der Waals surface area contributed by atoms with Crippen molar-refractivity contribution < 1.29 is 18.3 Å². The molecule has 3 heterocycles. The molecule has 0 saturated carbocycles. The summed E-state index contributed by atoms with van der Waals surface area (Å²) in [5.74, 6) is -1.93. The van der Waals surface area contributed by atoms with Crippen LogP contribution in [-0.4, -0.2) is 37.9 Å². The molecule has 1 N–H and O–H groups in total. The maximum absolute atomic E-state index is 15.4. The minimum atomic E-state index is -1.31. The molecule has 0 spiro atoms. The van der Waals surface area contributed by atoms with Crippen LogP contribution >= 0.6 is 0 Å². The average Bonchev–Trinajstić information content (AvgIpc) is 3.04. The maximum atomic E-state index is 15.4. The first-order valence-electron chi connectivity index (χ1n) is 9.65. The van der Waals surface area contributed by atoms with Crippen molar-refractivity contribution in [2.45, 2.75) is 32.3 Å². The molecule has 1 saturated heterocycles. The molecule has 1 aliphatic rings. The summed E-state index contributed by atoms with van der Waals surface area (Å²) in [5.41, 5.74) is 0.437. The van der Waals surface area contributed by atoms with Gasteiger partial charge in [0, 0.05) is 31.9 Å². The zero-order chi connectivity index (χ0) is 21.6. The quantitative estimate of drug-likeness (QED) is 0.708. The Morgan fingerprint density at radius 2 is 1.73 bits per heavy atom. The molecule has 1 fully saturated rings. The van der Waals surface area contributed by atoms with Crippen molar-refractivity contribution in [1.82, 2.24) is 19.7 Å². The highest BCUT2D eigenvalue weighted by Gasteiger charge is 2.36. The predicted octanol–water partition coefficient (Wildman–Crippen LogP) is 3.40. The molecule has 30 heavy (non-hydrogen) atoms. The molecule has 4 rings (SSSR count). The zero-order valence-corrected chi connectivity index (χ0v) is 17.0. The third-order valence-electron chi connectivity index (χ3n) is 5.56. The van der Waals surface area contributed by atoms with Gasteiger partial charge in [-0.25, -0.2) is 23.1 Å². The fourth-order valence-electron chi connectivity index (χ4n) is 3.93. The van der Waals surface area contributed by atoms with Crippen molar-refractivity contribution in [3.8, 4) is 11.3 Å². The van der Waals surface area contributed by atoms with Crippen LogP contribution in [0.15, 0.2) is 24.4 Å². The summed E-state index contributed by atoms with van der Waals surface area (Å²) in [6.07, 6.45) is 2.16. The van der Waals surface area contributed by atoms with Crippen molar-refractivity contribution in [1.29, 1.82) is 0 Å². The molecule has 0 aliphatic carbocycles. The third kappa shape index (κ3) is 3.54. The van der Waals surface area contributed by atoms with Gasteiger partial charge in [-0.2, -0.15) is 5.10 Å². The van der Waals surface area contributed by atoms with Gasteiger partial charge in [0.1, 0.15) is 11.5 Å². The number of benzene rings is 1. The van der Waals surface area contributed by atoms with Crippen molar-refractivity contribution >= 4 is 5.82 Å². The first-order chi connectivity index (χ1) is 14.2. The lowest BCUT2D eigenvalue weighted by Gasteiger charge is -2.39. The monoisotopic (exact) mass is 417 g/mol. The van der Waals surface area contributed by atoms with Gasteiger partial charge in [-0.05, 0) is 44.4 Å². The number of aromatic nitrogens is 4. The summed E-state index contributed by atoms with van der Waals surface area (Å²) >= 11 is 0. The molecule has 0 amide bonds. The summed E-state index contributed by atoms with van der Waals surface area (Å²) in [4.78, 5) is 10.3. The number of halogens is 3. The molecular formula is C21H22F3N5O. The first kappa shape index (κ1) is 20.3. The van der Waals surface area contributed by atoms with E-state index in [4.69, 9.17) is 0 Å². The summed E-state index contributed by atoms with van der Waals surface area (Å²) in [7, 11) is 1.76. The van der Waals surface area contributed by atoms with E-state index >= 15 is 4.39 Å². The molecule has 1 aromatic carbocycles. The molecule has 9 heteroatoms. The Morgan fingerprint density at radius 1 is 1.03 bits per heavy atom. The fourth-order valence-corrected chi connectivity index (χ4v) is 3.93. The third-order valence-corrected chi connectivity index (χ3v) is 5.56. The van der Waals surface area contributed by atoms with Crippen LogP contribution in [0.5, 0.6) is 0 Å². The van der Waals surface area contributed by atoms with Crippen LogP contribution in [0.4, 0.5) is 19.0 Å². The van der Waals surface area contributed by atoms with Gasteiger partial charge in [0.05, 0.1) is 11.3 Å². The van der Waals surface area contributed by atoms with Gasteiger partial charge in [0.2, 0.25) is 0 Å². The van der Waals surface area contributed by atoms with Crippen molar-refractivity contribution in [3.63, 3.8) is 0 Å². The van der Waals surface area contributed by atoms with E-state index in [9.17, 15) is 13.9 Å². The number of anilines is 1. The van der Waals surface area contributed by atoms with Crippen LogP contribution in [0.1, 0.15) is 29.9 Å². The van der Waals surface area contributed by atoms with Crippen LogP contribution in [0.25, 0.3) is 11.3 Å². The molecule has 6 nitrogen and oxygen atoms in total. The summed E-state index contributed by atoms with van der Waals surface area (Å²) in [6.45, 7) is 4.08. The Hall–Kier alpha value is -2.94. The highest BCUT2D eigenvalue weighted by Crippen LogP contribution is 2.36. The van der Waals surface area contributed by atoms with Crippen molar-refractivity contribution in [2.24, 2.45) is 7.05 Å². The highest BCUT2D eigenvalue weighted by molar-refractivity contribution is 5.65. The Labute approximate surface area is 172 Å². The van der Waals surface area contributed by atoms with E-state index in [0.29, 0.717) is 35.7 Å². The number of rotatable bonds is 3. The molecule has 0 radical (unpaired) electrons. The number of hydrogen-bond acceptors (Lipinski definition) is 5. The molecule has 0 unspecified atom stereocenters. The van der Waals surface area contributed by atoms with E-state index < -0.39 is 23.1 Å². The molecule has 1 aliphatic heterocycles. The topological polar surface area (TPSA) is 67.1 Å². The first-order valence-corrected chi connectivity index (χ1v) is 9.65. The van der Waals surface area contributed by atoms with E-state index in [2.05, 4.69) is 15.1 Å². The van der Waals surface area contributed by atoms with Gasteiger partial charge in [0.25, 0.3) is 0 Å². The van der Waals surface area contributed by atoms with Crippen LogP contribution in [-0.2, 0) is 12.6 Å². The van der Waals surface area contributed by atoms with Gasteiger partial charge in [0.15, 0.2) is 23.3 Å². The highest BCUT2D eigenvalue weighted by atomic mass is 19.2. The lowest BCUT2D eigenvalue weighted by molar-refractivity contribution is 0.0112. The molecule has 2 aromatic heterocycles. The number of piperidine rings is 1. The van der Waals surface area contributed by atoms with Gasteiger partial charge in [-0.15, -0.1) is 0 Å². The largest absolute Gasteiger partial charge is 0.385 e. The fraction of sp³-hybridized carbons (Fsp3) is 0.381. The Balaban J connectivity index is 1.62. The van der Waals surface area contributed by atoms with Crippen LogP contribution in [0.2, 0.25) is 0 Å². The molecule has 0 bridgehead atoms. The molecule has 3 aromatic rings. The van der Waals surface area contributed by atoms with Crippen LogP contribution in [0, 0.1) is 31.3 Å². The minimum Gasteiger partial charge on any atom is -0.385 e. The minimum absolute atomic E-state index is 0.160. The van der Waals surface area contributed by atoms with Gasteiger partial charge in [-0.1, -0.05) is 6.07 Å². The second-order valence-corrected chi connectivity index (χ2v) is 7.71. The number of nitrogens with zero attached hydrogens (tertiary/aromatic N) is 5. The Morgan fingerprint density at radius 3 is 2.33 bits per heavy atom. The number of aliphatic hydroxyl groups is 1. The standard InChI is InChI=1S/C21H22F3N5O/c1-12-15(11-28(3)27-12)19-18(24)20(26-13(2)25-19)29-8-6-21(30,7-9-29)14-4-5-16(22)17(23)10-14/h4-5,10-11,30H,6-9H2,1-3H3. The second-order valence-electron chi connectivity index (χ2n) is 7.71. The summed E-state index contributed by atoms with van der Waals surface area (Å²) < 4.78 is 43.8. The van der Waals surface area contributed by atoms with E-state index in [1.807, 2.05) is 0 Å². The van der Waals surface area contributed by atoms with Gasteiger partial charge in [-0.3, -0.25) is 4.68 Å². The Bertz CT molecular complexity index is 1110. The van der Waals surface area contributed by atoms with E-state index in [1.54, 1.807) is 36.7 Å². The Kier molecular flexibility index (Phi) is 5.01. The normalized spacial score (nSPS) is 16.2. The van der Waals surface area contributed by atoms with E-state index in [0.717, 1.165) is 12.1 Å². The lowest BCUT2D eigenvalue weighted by atomic mass is 9.84. The molecule has 158 valence electrons. The van der Waals surface area contributed by atoms with Gasteiger partial charge >= 0.3 is 0 Å². The molecular weight excluding hydrogens is 395 g/mol. The predicted molar refractivity (Wildman–Crippen MR) is 105 cm³/mol. The zero-order valence-electron chi connectivity index (χ0n) is 17.0. The average molecular weight is 417 g/mol. The van der Waals surface area contributed by atoms with E-state index in [1.165, 1.54) is 6.07 Å². The summed E-state index contributed by atoms with van der Waals surface area (Å²) in [6, 6.07) is 3.40. The van der Waals surface area contributed by atoms with Crippen molar-refractivity contribution in [3.05, 3.63) is 58.9 Å². The van der Waals surface area contributed by atoms with Gasteiger partial charge < -0.3 is 10.0 Å². The smallest absolute Gasteiger partial charge is 0.192 e. The van der Waals surface area contributed by atoms with Crippen LogP contribution in [0.3, 0.4) is 0 Å². The SMILES string of the molecule is Cc1nc(-c2cn(C)nc2C)c(F)c(N2CCC(O)(c3ccc(F)c(F)c3)CC2)n1. The number of aryl methyl sites for hydroxylation is 3. The van der Waals surface area contributed by atoms with Crippen LogP contribution < -0.4 is 4.90 Å². The lowest BCUT2D eigenvalue weighted by Crippen LogP contribution is -2.43. The van der Waals surface area contributed by atoms with Crippen molar-refractivity contribution in [2.75, 3.05) is 18.0 Å². The van der Waals surface area contributed by atoms with E-state index in [-0.39, 0.29) is 24.4 Å². The number of hydrogen-bond donors (Lipinski definition) is 1.